The molecule has 1 fully saturated rings. The molecule has 0 spiro atoms. The molecule has 0 aliphatic carbocycles. The van der Waals surface area contributed by atoms with Crippen LogP contribution < -0.4 is 0 Å². The van der Waals surface area contributed by atoms with Gasteiger partial charge in [0, 0.05) is 38.4 Å². The van der Waals surface area contributed by atoms with Crippen LogP contribution in [0.25, 0.3) is 0 Å². The van der Waals surface area contributed by atoms with E-state index in [1.165, 1.54) is 0 Å². The summed E-state index contributed by atoms with van der Waals surface area (Å²) in [4.78, 5) is 2.11. The summed E-state index contributed by atoms with van der Waals surface area (Å²) < 4.78 is 32.4. The number of nitrogens with zero attached hydrogens (tertiary/aromatic N) is 1. The van der Waals surface area contributed by atoms with Crippen molar-refractivity contribution in [1.82, 2.24) is 4.90 Å². The second kappa shape index (κ2) is 7.67. The van der Waals surface area contributed by atoms with Crippen molar-refractivity contribution in [2.45, 2.75) is 31.9 Å². The minimum absolute atomic E-state index is 0.150. The predicted molar refractivity (Wildman–Crippen MR) is 72.3 cm³/mol. The molecule has 5 heteroatoms. The van der Waals surface area contributed by atoms with Gasteiger partial charge in [0.15, 0.2) is 11.6 Å². The highest BCUT2D eigenvalue weighted by Crippen LogP contribution is 2.19. The zero-order valence-corrected chi connectivity index (χ0v) is 11.5. The van der Waals surface area contributed by atoms with E-state index in [1.54, 1.807) is 12.1 Å². The lowest BCUT2D eigenvalue weighted by Crippen LogP contribution is -2.37. The molecule has 0 bridgehead atoms. The summed E-state index contributed by atoms with van der Waals surface area (Å²) in [5.74, 6) is -1.53. The Hall–Kier alpha value is -1.04. The lowest BCUT2D eigenvalue weighted by atomic mass is 10.1. The summed E-state index contributed by atoms with van der Waals surface area (Å²) in [5, 5.41) is 8.70. The molecular weight excluding hydrogens is 264 g/mol. The Labute approximate surface area is 118 Å². The van der Waals surface area contributed by atoms with Crippen molar-refractivity contribution in [3.8, 4) is 0 Å². The third-order valence-corrected chi connectivity index (χ3v) is 3.62. The zero-order valence-electron chi connectivity index (χ0n) is 11.5. The molecular formula is C15H21F2NO2. The third-order valence-electron chi connectivity index (χ3n) is 3.62. The van der Waals surface area contributed by atoms with Crippen LogP contribution in [0.15, 0.2) is 18.2 Å². The molecule has 1 N–H and O–H groups in total. The third kappa shape index (κ3) is 4.23. The normalized spacial score (nSPS) is 17.6. The monoisotopic (exact) mass is 285 g/mol. The van der Waals surface area contributed by atoms with Crippen LogP contribution in [-0.4, -0.2) is 42.4 Å². The van der Waals surface area contributed by atoms with Crippen molar-refractivity contribution in [3.05, 3.63) is 35.4 Å². The van der Waals surface area contributed by atoms with Gasteiger partial charge in [0.25, 0.3) is 0 Å². The Balaban J connectivity index is 1.78. The average Bonchev–Trinajstić information content (AvgIpc) is 2.46. The van der Waals surface area contributed by atoms with Crippen LogP contribution in [-0.2, 0) is 11.3 Å². The van der Waals surface area contributed by atoms with Gasteiger partial charge in [-0.3, -0.25) is 4.90 Å². The van der Waals surface area contributed by atoms with E-state index in [-0.39, 0.29) is 12.7 Å². The van der Waals surface area contributed by atoms with Gasteiger partial charge in [-0.25, -0.2) is 8.78 Å². The van der Waals surface area contributed by atoms with E-state index in [0.29, 0.717) is 25.1 Å². The van der Waals surface area contributed by atoms with Crippen LogP contribution in [0.5, 0.6) is 0 Å². The molecule has 1 aromatic carbocycles. The van der Waals surface area contributed by atoms with Crippen molar-refractivity contribution >= 4 is 0 Å². The first-order chi connectivity index (χ1) is 9.70. The van der Waals surface area contributed by atoms with Gasteiger partial charge in [-0.1, -0.05) is 12.1 Å². The predicted octanol–water partition coefficient (Wildman–Crippen LogP) is 2.33. The van der Waals surface area contributed by atoms with E-state index in [9.17, 15) is 8.78 Å². The van der Waals surface area contributed by atoms with Crippen molar-refractivity contribution in [1.29, 1.82) is 0 Å². The average molecular weight is 285 g/mol. The summed E-state index contributed by atoms with van der Waals surface area (Å²) in [7, 11) is 0. The first-order valence-corrected chi connectivity index (χ1v) is 7.08. The Morgan fingerprint density at radius 3 is 2.70 bits per heavy atom. The lowest BCUT2D eigenvalue weighted by molar-refractivity contribution is 0.000599. The fourth-order valence-corrected chi connectivity index (χ4v) is 2.46. The van der Waals surface area contributed by atoms with Gasteiger partial charge in [0.1, 0.15) is 0 Å². The molecule has 0 aromatic heterocycles. The fraction of sp³-hybridized carbons (Fsp3) is 0.600. The first kappa shape index (κ1) is 15.4. The van der Waals surface area contributed by atoms with Gasteiger partial charge in [-0.05, 0) is 25.3 Å². The highest BCUT2D eigenvalue weighted by molar-refractivity contribution is 5.18. The van der Waals surface area contributed by atoms with Gasteiger partial charge >= 0.3 is 0 Å². The summed E-state index contributed by atoms with van der Waals surface area (Å²) in [6, 6.07) is 4.31. The molecule has 1 saturated heterocycles. The van der Waals surface area contributed by atoms with E-state index in [1.807, 2.05) is 0 Å². The maximum Gasteiger partial charge on any atom is 0.163 e. The molecule has 0 saturated carbocycles. The Kier molecular flexibility index (Phi) is 5.88. The van der Waals surface area contributed by atoms with Crippen molar-refractivity contribution < 1.29 is 18.6 Å². The van der Waals surface area contributed by atoms with Crippen molar-refractivity contribution in [3.63, 3.8) is 0 Å². The zero-order chi connectivity index (χ0) is 14.4. The van der Waals surface area contributed by atoms with Gasteiger partial charge in [-0.15, -0.1) is 0 Å². The second-order valence-electron chi connectivity index (χ2n) is 5.14. The molecule has 2 rings (SSSR count). The molecule has 1 aliphatic heterocycles. The molecule has 0 unspecified atom stereocenters. The summed E-state index contributed by atoms with van der Waals surface area (Å²) >= 11 is 0. The first-order valence-electron chi connectivity index (χ1n) is 7.08. The minimum Gasteiger partial charge on any atom is -0.396 e. The molecule has 1 aromatic rings. The second-order valence-corrected chi connectivity index (χ2v) is 5.14. The number of hydrogen-bond donors (Lipinski definition) is 1. The van der Waals surface area contributed by atoms with Crippen molar-refractivity contribution in [2.75, 3.05) is 26.3 Å². The number of aliphatic hydroxyl groups excluding tert-OH is 1. The number of ether oxygens (including phenoxy) is 1. The van der Waals surface area contributed by atoms with Crippen LogP contribution in [0.1, 0.15) is 24.8 Å². The number of hydrogen-bond acceptors (Lipinski definition) is 3. The van der Waals surface area contributed by atoms with Gasteiger partial charge in [-0.2, -0.15) is 0 Å². The molecule has 0 amide bonds. The smallest absolute Gasteiger partial charge is 0.163 e. The maximum absolute atomic E-state index is 13.6. The molecule has 0 atom stereocenters. The van der Waals surface area contributed by atoms with Crippen LogP contribution in [0.2, 0.25) is 0 Å². The summed E-state index contributed by atoms with van der Waals surface area (Å²) in [6.45, 7) is 2.81. The van der Waals surface area contributed by atoms with Gasteiger partial charge < -0.3 is 9.84 Å². The Morgan fingerprint density at radius 1 is 1.25 bits per heavy atom. The topological polar surface area (TPSA) is 32.7 Å². The SMILES string of the molecule is OCCCOC1CCN(Cc2cccc(F)c2F)CC1. The van der Waals surface area contributed by atoms with E-state index in [0.717, 1.165) is 32.0 Å². The van der Waals surface area contributed by atoms with Gasteiger partial charge in [0.05, 0.1) is 6.10 Å². The van der Waals surface area contributed by atoms with Crippen LogP contribution in [0.4, 0.5) is 8.78 Å². The Morgan fingerprint density at radius 2 is 2.00 bits per heavy atom. The van der Waals surface area contributed by atoms with E-state index < -0.39 is 11.6 Å². The standard InChI is InChI=1S/C15H21F2NO2/c16-14-4-1-3-12(15(14)17)11-18-7-5-13(6-8-18)20-10-2-9-19/h1,3-4,13,19H,2,5-11H2. The number of piperidine rings is 1. The quantitative estimate of drug-likeness (QED) is 0.814. The highest BCUT2D eigenvalue weighted by Gasteiger charge is 2.20. The van der Waals surface area contributed by atoms with E-state index >= 15 is 0 Å². The Bertz CT molecular complexity index is 420. The molecule has 112 valence electrons. The van der Waals surface area contributed by atoms with Crippen molar-refractivity contribution in [2.24, 2.45) is 0 Å². The highest BCUT2D eigenvalue weighted by atomic mass is 19.2. The molecule has 3 nitrogen and oxygen atoms in total. The van der Waals surface area contributed by atoms with Crippen LogP contribution in [0, 0.1) is 11.6 Å². The van der Waals surface area contributed by atoms with E-state index in [2.05, 4.69) is 4.90 Å². The van der Waals surface area contributed by atoms with Crippen LogP contribution >= 0.6 is 0 Å². The van der Waals surface area contributed by atoms with Gasteiger partial charge in [0.2, 0.25) is 0 Å². The number of halogens is 2. The summed E-state index contributed by atoms with van der Waals surface area (Å²) in [5.41, 5.74) is 0.407. The van der Waals surface area contributed by atoms with E-state index in [4.69, 9.17) is 9.84 Å². The summed E-state index contributed by atoms with van der Waals surface area (Å²) in [6.07, 6.45) is 2.66. The molecule has 20 heavy (non-hydrogen) atoms. The molecule has 1 aliphatic rings. The maximum atomic E-state index is 13.6. The van der Waals surface area contributed by atoms with Crippen LogP contribution in [0.3, 0.4) is 0 Å². The minimum atomic E-state index is -0.787. The number of benzene rings is 1. The molecule has 1 heterocycles. The fourth-order valence-electron chi connectivity index (χ4n) is 2.46. The largest absolute Gasteiger partial charge is 0.396 e. The number of likely N-dealkylation sites (tertiary alicyclic amines) is 1. The molecule has 0 radical (unpaired) electrons. The lowest BCUT2D eigenvalue weighted by Gasteiger charge is -2.32. The number of rotatable bonds is 6. The number of aliphatic hydroxyl groups is 1.